The van der Waals surface area contributed by atoms with Crippen molar-refractivity contribution in [3.8, 4) is 0 Å². The van der Waals surface area contributed by atoms with Crippen LogP contribution < -0.4 is 10.0 Å². The van der Waals surface area contributed by atoms with Crippen LogP contribution in [0.25, 0.3) is 0 Å². The van der Waals surface area contributed by atoms with Gasteiger partial charge in [-0.05, 0) is 53.8 Å². The van der Waals surface area contributed by atoms with E-state index in [9.17, 15) is 18.3 Å². The number of hydrogen-bond donors (Lipinski definition) is 4. The van der Waals surface area contributed by atoms with Crippen LogP contribution in [0.4, 0.5) is 5.69 Å². The first kappa shape index (κ1) is 18.9. The van der Waals surface area contributed by atoms with E-state index in [1.807, 2.05) is 16.9 Å². The number of anilines is 1. The largest absolute Gasteiger partial charge is 0.381 e. The van der Waals surface area contributed by atoms with Gasteiger partial charge in [0.05, 0.1) is 22.7 Å². The fourth-order valence-electron chi connectivity index (χ4n) is 1.87. The van der Waals surface area contributed by atoms with Crippen molar-refractivity contribution in [2.45, 2.75) is 24.3 Å². The summed E-state index contributed by atoms with van der Waals surface area (Å²) in [6.07, 6.45) is 2.81. The number of nitrogens with one attached hydrogen (secondary N) is 2. The zero-order chi connectivity index (χ0) is 18.1. The molecule has 9 heteroatoms. The molecule has 0 spiro atoms. The maximum Gasteiger partial charge on any atom is 0.255 e. The van der Waals surface area contributed by atoms with Gasteiger partial charge in [0.1, 0.15) is 5.60 Å². The van der Waals surface area contributed by atoms with Gasteiger partial charge in [-0.3, -0.25) is 9.52 Å². The lowest BCUT2D eigenvalue weighted by molar-refractivity contribution is -0.130. The third kappa shape index (κ3) is 5.01. The molecule has 1 aliphatic rings. The molecule has 0 bridgehead atoms. The molecule has 2 rings (SSSR count). The second-order valence-corrected chi connectivity index (χ2v) is 9.90. The summed E-state index contributed by atoms with van der Waals surface area (Å²) in [6.45, 7) is 2.77. The summed E-state index contributed by atoms with van der Waals surface area (Å²) in [5.41, 5.74) is -0.571. The van der Waals surface area contributed by atoms with Gasteiger partial charge < -0.3 is 10.4 Å². The topological polar surface area (TPSA) is 95.5 Å². The number of benzene rings is 1. The maximum atomic E-state index is 11.8. The number of allylic oxidation sites excluding steroid dienone is 1. The quantitative estimate of drug-likeness (QED) is 0.580. The highest BCUT2D eigenvalue weighted by molar-refractivity contribution is 8.22. The fourth-order valence-corrected chi connectivity index (χ4v) is 4.52. The standard InChI is InChI=1S/C15H19ClN2O4S2/c1-15(2,20)14(19)17-13-5-4-11(8-12(13)16)23-7-6-10(9-23)18-24(3,21)22/h4-9,18,20,23H,1-3H3,(H,17,19). The first-order valence-electron chi connectivity index (χ1n) is 6.95. The third-order valence-electron chi connectivity index (χ3n) is 3.05. The van der Waals surface area contributed by atoms with E-state index in [0.717, 1.165) is 11.2 Å². The first-order chi connectivity index (χ1) is 11.0. The Labute approximate surface area is 149 Å². The number of carbonyl (C=O) groups is 1. The number of halogens is 1. The van der Waals surface area contributed by atoms with Crippen molar-refractivity contribution in [3.05, 3.63) is 45.8 Å². The van der Waals surface area contributed by atoms with E-state index in [4.69, 9.17) is 11.6 Å². The number of amides is 1. The maximum absolute atomic E-state index is 11.8. The smallest absolute Gasteiger partial charge is 0.255 e. The van der Waals surface area contributed by atoms with Crippen LogP contribution in [-0.4, -0.2) is 31.3 Å². The highest BCUT2D eigenvalue weighted by Crippen LogP contribution is 2.45. The van der Waals surface area contributed by atoms with E-state index in [1.54, 1.807) is 18.2 Å². The van der Waals surface area contributed by atoms with Crippen LogP contribution in [-0.2, 0) is 14.8 Å². The molecule has 1 aliphatic heterocycles. The Bertz CT molecular complexity index is 826. The number of rotatable bonds is 5. The Morgan fingerprint density at radius 2 is 2.00 bits per heavy atom. The van der Waals surface area contributed by atoms with Gasteiger partial charge in [0.2, 0.25) is 10.0 Å². The molecule has 0 fully saturated rings. The van der Waals surface area contributed by atoms with Crippen molar-refractivity contribution in [2.75, 3.05) is 11.6 Å². The Hall–Kier alpha value is -1.48. The summed E-state index contributed by atoms with van der Waals surface area (Å²) in [7, 11) is -4.13. The average Bonchev–Trinajstić information content (AvgIpc) is 2.86. The lowest BCUT2D eigenvalue weighted by Gasteiger charge is -2.18. The van der Waals surface area contributed by atoms with Crippen molar-refractivity contribution in [2.24, 2.45) is 0 Å². The SMILES string of the molecule is CC(C)(O)C(=O)Nc1ccc([SH]2C=CC(NS(C)(=O)=O)=C2)cc1Cl. The van der Waals surface area contributed by atoms with Crippen molar-refractivity contribution in [1.29, 1.82) is 0 Å². The minimum atomic E-state index is -3.31. The van der Waals surface area contributed by atoms with E-state index >= 15 is 0 Å². The van der Waals surface area contributed by atoms with Crippen LogP contribution in [0, 0.1) is 0 Å². The van der Waals surface area contributed by atoms with E-state index in [0.29, 0.717) is 16.4 Å². The first-order valence-corrected chi connectivity index (χ1v) is 10.7. The van der Waals surface area contributed by atoms with E-state index in [1.165, 1.54) is 13.8 Å². The molecule has 1 amide bonds. The number of aliphatic hydroxyl groups is 1. The van der Waals surface area contributed by atoms with Crippen LogP contribution in [0.2, 0.25) is 5.02 Å². The highest BCUT2D eigenvalue weighted by atomic mass is 35.5. The molecule has 0 saturated carbocycles. The third-order valence-corrected chi connectivity index (χ3v) is 5.87. The highest BCUT2D eigenvalue weighted by Gasteiger charge is 2.24. The van der Waals surface area contributed by atoms with Gasteiger partial charge in [0, 0.05) is 0 Å². The summed E-state index contributed by atoms with van der Waals surface area (Å²) >= 11 is 6.20. The Morgan fingerprint density at radius 1 is 1.33 bits per heavy atom. The molecule has 1 aromatic carbocycles. The molecule has 24 heavy (non-hydrogen) atoms. The molecular formula is C15H19ClN2O4S2. The molecule has 0 aliphatic carbocycles. The summed E-state index contributed by atoms with van der Waals surface area (Å²) in [5.74, 6) is -0.553. The monoisotopic (exact) mass is 390 g/mol. The van der Waals surface area contributed by atoms with Crippen molar-refractivity contribution in [3.63, 3.8) is 0 Å². The lowest BCUT2D eigenvalue weighted by atomic mass is 10.1. The van der Waals surface area contributed by atoms with Crippen LogP contribution in [0.1, 0.15) is 13.8 Å². The van der Waals surface area contributed by atoms with Crippen molar-refractivity contribution in [1.82, 2.24) is 4.72 Å². The Morgan fingerprint density at radius 3 is 2.54 bits per heavy atom. The summed E-state index contributed by atoms with van der Waals surface area (Å²) < 4.78 is 24.9. The zero-order valence-corrected chi connectivity index (χ0v) is 15.8. The summed E-state index contributed by atoms with van der Waals surface area (Å²) in [5, 5.41) is 16.3. The minimum Gasteiger partial charge on any atom is -0.381 e. The van der Waals surface area contributed by atoms with Gasteiger partial charge in [0.15, 0.2) is 0 Å². The van der Waals surface area contributed by atoms with Gasteiger partial charge in [-0.25, -0.2) is 8.42 Å². The van der Waals surface area contributed by atoms with Crippen LogP contribution in [0.3, 0.4) is 0 Å². The molecule has 6 nitrogen and oxygen atoms in total. The molecule has 1 heterocycles. The number of sulfonamides is 1. The fraction of sp³-hybridized carbons (Fsp3) is 0.267. The summed E-state index contributed by atoms with van der Waals surface area (Å²) in [4.78, 5) is 12.7. The molecule has 1 atom stereocenters. The van der Waals surface area contributed by atoms with Gasteiger partial charge in [-0.1, -0.05) is 11.6 Å². The molecule has 1 aromatic rings. The molecule has 3 N–H and O–H groups in total. The normalized spacial score (nSPS) is 19.0. The average molecular weight is 391 g/mol. The van der Waals surface area contributed by atoms with Gasteiger partial charge in [-0.2, -0.15) is 10.9 Å². The van der Waals surface area contributed by atoms with Crippen molar-refractivity contribution >= 4 is 44.1 Å². The van der Waals surface area contributed by atoms with Gasteiger partial charge in [0.25, 0.3) is 5.91 Å². The molecule has 1 unspecified atom stereocenters. The molecule has 132 valence electrons. The van der Waals surface area contributed by atoms with Gasteiger partial charge in [-0.15, -0.1) is 0 Å². The number of carbonyl (C=O) groups excluding carboxylic acids is 1. The predicted octanol–water partition coefficient (Wildman–Crippen LogP) is 2.33. The lowest BCUT2D eigenvalue weighted by Crippen LogP contribution is -2.36. The van der Waals surface area contributed by atoms with E-state index < -0.39 is 32.4 Å². The van der Waals surface area contributed by atoms with Crippen molar-refractivity contribution < 1.29 is 18.3 Å². The van der Waals surface area contributed by atoms with Crippen LogP contribution >= 0.6 is 22.5 Å². The zero-order valence-electron chi connectivity index (χ0n) is 13.4. The Kier molecular flexibility index (Phi) is 5.34. The second-order valence-electron chi connectivity index (χ2n) is 5.86. The van der Waals surface area contributed by atoms with E-state index in [-0.39, 0.29) is 0 Å². The van der Waals surface area contributed by atoms with Gasteiger partial charge >= 0.3 is 0 Å². The molecule has 0 aromatic heterocycles. The summed E-state index contributed by atoms with van der Waals surface area (Å²) in [6, 6.07) is 5.19. The van der Waals surface area contributed by atoms with E-state index in [2.05, 4.69) is 10.0 Å². The van der Waals surface area contributed by atoms with Crippen LogP contribution in [0.15, 0.2) is 45.7 Å². The van der Waals surface area contributed by atoms with Crippen LogP contribution in [0.5, 0.6) is 0 Å². The number of hydrogen-bond acceptors (Lipinski definition) is 4. The molecule has 0 saturated heterocycles. The molecular weight excluding hydrogens is 372 g/mol. The minimum absolute atomic E-state index is 0.346. The number of thiol groups is 1. The Balaban J connectivity index is 2.16. The molecule has 0 radical (unpaired) electrons. The predicted molar refractivity (Wildman–Crippen MR) is 98.8 cm³/mol. The second kappa shape index (κ2) is 6.79.